The molecule has 27 heavy (non-hydrogen) atoms. The van der Waals surface area contributed by atoms with Crippen LogP contribution in [0.3, 0.4) is 0 Å². The quantitative estimate of drug-likeness (QED) is 0.437. The van der Waals surface area contributed by atoms with Crippen molar-refractivity contribution < 1.29 is 0 Å². The van der Waals surface area contributed by atoms with Crippen molar-refractivity contribution in [2.24, 2.45) is 52.3 Å². The summed E-state index contributed by atoms with van der Waals surface area (Å²) in [6.07, 6.45) is 20.1. The van der Waals surface area contributed by atoms with Crippen molar-refractivity contribution in [3.8, 4) is 0 Å². The third kappa shape index (κ3) is 3.46. The van der Waals surface area contributed by atoms with E-state index in [0.29, 0.717) is 10.8 Å². The molecule has 154 valence electrons. The van der Waals surface area contributed by atoms with Crippen LogP contribution in [-0.2, 0) is 0 Å². The summed E-state index contributed by atoms with van der Waals surface area (Å²) in [6, 6.07) is 0. The molecular formula is C27H46. The van der Waals surface area contributed by atoms with E-state index >= 15 is 0 Å². The fourth-order valence-electron chi connectivity index (χ4n) is 9.03. The zero-order valence-electron chi connectivity index (χ0n) is 18.8. The Labute approximate surface area is 170 Å². The lowest BCUT2D eigenvalue weighted by Gasteiger charge is -2.63. The molecule has 0 N–H and O–H groups in total. The van der Waals surface area contributed by atoms with Gasteiger partial charge in [-0.05, 0) is 116 Å². The monoisotopic (exact) mass is 370 g/mol. The first-order valence-electron chi connectivity index (χ1n) is 12.5. The molecule has 4 saturated carbocycles. The smallest absolute Gasteiger partial charge is 0.0264 e. The van der Waals surface area contributed by atoms with Crippen LogP contribution >= 0.6 is 0 Å². The Kier molecular flexibility index (Phi) is 5.59. The van der Waals surface area contributed by atoms with E-state index in [-0.39, 0.29) is 0 Å². The molecule has 4 aliphatic carbocycles. The van der Waals surface area contributed by atoms with Crippen molar-refractivity contribution in [3.05, 3.63) is 12.7 Å². The van der Waals surface area contributed by atoms with Gasteiger partial charge in [0.25, 0.3) is 0 Å². The standard InChI is InChI=1S/C27H46/c1-6-8-19-10-12-23-22(21(19)9-7-2)15-17-27(5)24(23)13-11-20-14-16-26(3,4)18-25(20)27/h6,19-25H,1,7-18H2,2-5H3. The molecule has 4 fully saturated rings. The summed E-state index contributed by atoms with van der Waals surface area (Å²) < 4.78 is 0. The molecule has 0 aromatic carbocycles. The van der Waals surface area contributed by atoms with Crippen LogP contribution in [0.2, 0.25) is 0 Å². The van der Waals surface area contributed by atoms with Gasteiger partial charge in [0.05, 0.1) is 0 Å². The van der Waals surface area contributed by atoms with Gasteiger partial charge < -0.3 is 0 Å². The third-order valence-electron chi connectivity index (χ3n) is 10.3. The van der Waals surface area contributed by atoms with Crippen LogP contribution in [0.15, 0.2) is 12.7 Å². The topological polar surface area (TPSA) is 0 Å². The highest BCUT2D eigenvalue weighted by atomic mass is 14.6. The van der Waals surface area contributed by atoms with Crippen LogP contribution in [0.25, 0.3) is 0 Å². The second-order valence-electron chi connectivity index (χ2n) is 12.1. The molecule has 8 unspecified atom stereocenters. The van der Waals surface area contributed by atoms with E-state index in [1.54, 1.807) is 19.3 Å². The van der Waals surface area contributed by atoms with Gasteiger partial charge in [0.2, 0.25) is 0 Å². The molecule has 0 saturated heterocycles. The van der Waals surface area contributed by atoms with Crippen molar-refractivity contribution in [3.63, 3.8) is 0 Å². The molecule has 0 aromatic heterocycles. The summed E-state index contributed by atoms with van der Waals surface area (Å²) in [4.78, 5) is 0. The van der Waals surface area contributed by atoms with Crippen LogP contribution in [0, 0.1) is 52.3 Å². The fraction of sp³-hybridized carbons (Fsp3) is 0.926. The summed E-state index contributed by atoms with van der Waals surface area (Å²) in [5.74, 6) is 7.14. The molecule has 0 bridgehead atoms. The van der Waals surface area contributed by atoms with Crippen molar-refractivity contribution >= 4 is 0 Å². The van der Waals surface area contributed by atoms with Crippen LogP contribution in [0.1, 0.15) is 105 Å². The first kappa shape index (κ1) is 20.0. The van der Waals surface area contributed by atoms with Crippen LogP contribution in [0.4, 0.5) is 0 Å². The van der Waals surface area contributed by atoms with Gasteiger partial charge >= 0.3 is 0 Å². The minimum atomic E-state index is 0.593. The minimum Gasteiger partial charge on any atom is -0.103 e. The third-order valence-corrected chi connectivity index (χ3v) is 10.3. The highest BCUT2D eigenvalue weighted by molar-refractivity contribution is 5.07. The first-order valence-corrected chi connectivity index (χ1v) is 12.5. The average molecular weight is 371 g/mol. The van der Waals surface area contributed by atoms with Gasteiger partial charge in [0.1, 0.15) is 0 Å². The number of rotatable bonds is 4. The Bertz CT molecular complexity index is 530. The molecule has 0 aliphatic heterocycles. The van der Waals surface area contributed by atoms with Crippen LogP contribution in [-0.4, -0.2) is 0 Å². The zero-order chi connectivity index (χ0) is 19.2. The predicted molar refractivity (Wildman–Crippen MR) is 118 cm³/mol. The number of hydrogen-bond acceptors (Lipinski definition) is 0. The van der Waals surface area contributed by atoms with Gasteiger partial charge in [-0.3, -0.25) is 0 Å². The average Bonchev–Trinajstić information content (AvgIpc) is 2.63. The minimum absolute atomic E-state index is 0.593. The Balaban J connectivity index is 1.57. The van der Waals surface area contributed by atoms with Gasteiger partial charge in [-0.1, -0.05) is 46.6 Å². The zero-order valence-corrected chi connectivity index (χ0v) is 18.8. The van der Waals surface area contributed by atoms with Gasteiger partial charge in [-0.2, -0.15) is 0 Å². The van der Waals surface area contributed by atoms with E-state index in [1.807, 2.05) is 0 Å². The van der Waals surface area contributed by atoms with Crippen molar-refractivity contribution in [2.45, 2.75) is 105 Å². The molecule has 0 spiro atoms. The summed E-state index contributed by atoms with van der Waals surface area (Å²) in [5, 5.41) is 0. The Morgan fingerprint density at radius 1 is 0.889 bits per heavy atom. The van der Waals surface area contributed by atoms with E-state index in [9.17, 15) is 0 Å². The lowest BCUT2D eigenvalue weighted by atomic mass is 9.42. The van der Waals surface area contributed by atoms with Gasteiger partial charge in [-0.15, -0.1) is 6.58 Å². The number of hydrogen-bond donors (Lipinski definition) is 0. The van der Waals surface area contributed by atoms with Gasteiger partial charge in [-0.25, -0.2) is 0 Å². The maximum atomic E-state index is 4.09. The number of fused-ring (bicyclic) bond motifs is 5. The summed E-state index contributed by atoms with van der Waals surface area (Å²) in [5.41, 5.74) is 1.25. The summed E-state index contributed by atoms with van der Waals surface area (Å²) >= 11 is 0. The Hall–Kier alpha value is -0.260. The Morgan fingerprint density at radius 3 is 2.44 bits per heavy atom. The van der Waals surface area contributed by atoms with E-state index in [1.165, 1.54) is 57.8 Å². The largest absolute Gasteiger partial charge is 0.103 e. The van der Waals surface area contributed by atoms with Crippen molar-refractivity contribution in [2.75, 3.05) is 0 Å². The number of allylic oxidation sites excluding steroid dienone is 1. The molecule has 8 atom stereocenters. The highest BCUT2D eigenvalue weighted by Gasteiger charge is 2.57. The maximum absolute atomic E-state index is 4.09. The molecule has 0 heteroatoms. The molecule has 0 radical (unpaired) electrons. The summed E-state index contributed by atoms with van der Waals surface area (Å²) in [7, 11) is 0. The first-order chi connectivity index (χ1) is 12.9. The molecule has 0 heterocycles. The van der Waals surface area contributed by atoms with Crippen molar-refractivity contribution in [1.82, 2.24) is 0 Å². The van der Waals surface area contributed by atoms with E-state index in [0.717, 1.165) is 41.4 Å². The molecule has 0 amide bonds. The van der Waals surface area contributed by atoms with E-state index in [4.69, 9.17) is 0 Å². The second-order valence-corrected chi connectivity index (χ2v) is 12.1. The van der Waals surface area contributed by atoms with Gasteiger partial charge in [0, 0.05) is 0 Å². The molecule has 4 aliphatic rings. The molecule has 4 rings (SSSR count). The predicted octanol–water partition coefficient (Wildman–Crippen LogP) is 8.27. The lowest BCUT2D eigenvalue weighted by molar-refractivity contribution is -0.140. The normalized spacial score (nSPS) is 48.8. The van der Waals surface area contributed by atoms with E-state index < -0.39 is 0 Å². The second kappa shape index (κ2) is 7.53. The fourth-order valence-corrected chi connectivity index (χ4v) is 9.03. The molecular weight excluding hydrogens is 324 g/mol. The Morgan fingerprint density at radius 2 is 1.70 bits per heavy atom. The SMILES string of the molecule is C=CCC1CCC2C(CCC3(C)C4CC(C)(C)CCC4CCC23)C1CCC. The highest BCUT2D eigenvalue weighted by Crippen LogP contribution is 2.66. The van der Waals surface area contributed by atoms with Crippen LogP contribution in [0.5, 0.6) is 0 Å². The van der Waals surface area contributed by atoms with Gasteiger partial charge in [0.15, 0.2) is 0 Å². The van der Waals surface area contributed by atoms with E-state index in [2.05, 4.69) is 40.3 Å². The van der Waals surface area contributed by atoms with Crippen molar-refractivity contribution in [1.29, 1.82) is 0 Å². The van der Waals surface area contributed by atoms with Crippen LogP contribution < -0.4 is 0 Å². The maximum Gasteiger partial charge on any atom is -0.0264 e. The summed E-state index contributed by atoms with van der Waals surface area (Å²) in [6.45, 7) is 14.4. The lowest BCUT2D eigenvalue weighted by Crippen LogP contribution is -2.55. The molecule has 0 aromatic rings. The molecule has 0 nitrogen and oxygen atoms in total.